The van der Waals surface area contributed by atoms with Gasteiger partial charge in [0.05, 0.1) is 0 Å². The highest BCUT2D eigenvalue weighted by atomic mass is 16.2. The molecule has 2 N–H and O–H groups in total. The lowest BCUT2D eigenvalue weighted by atomic mass is 10.1. The number of hydrogen-bond acceptors (Lipinski definition) is 1. The Morgan fingerprint density at radius 3 is 2.04 bits per heavy atom. The third kappa shape index (κ3) is 3.49. The Labute approximate surface area is 142 Å². The summed E-state index contributed by atoms with van der Waals surface area (Å²) in [6, 6.07) is 15.6. The van der Waals surface area contributed by atoms with Gasteiger partial charge in [-0.15, -0.1) is 0 Å². The number of aryl methyl sites for hydroxylation is 3. The molecule has 0 fully saturated rings. The van der Waals surface area contributed by atoms with Gasteiger partial charge in [-0.25, -0.2) is 4.79 Å². The molecule has 24 heavy (non-hydrogen) atoms. The van der Waals surface area contributed by atoms with Crippen LogP contribution in [0.2, 0.25) is 0 Å². The number of anilines is 2. The smallest absolute Gasteiger partial charge is 0.323 e. The summed E-state index contributed by atoms with van der Waals surface area (Å²) in [6.07, 6.45) is 3.97. The van der Waals surface area contributed by atoms with E-state index in [4.69, 9.17) is 0 Å². The second kappa shape index (κ2) is 6.62. The van der Waals surface area contributed by atoms with E-state index in [1.807, 2.05) is 67.2 Å². The molecule has 2 aromatic carbocycles. The summed E-state index contributed by atoms with van der Waals surface area (Å²) in [5.74, 6) is 0. The first-order valence-electron chi connectivity index (χ1n) is 7.92. The Hall–Kier alpha value is -3.01. The van der Waals surface area contributed by atoms with E-state index in [2.05, 4.69) is 29.7 Å². The molecule has 2 amide bonds. The molecule has 0 spiro atoms. The van der Waals surface area contributed by atoms with E-state index in [1.54, 1.807) is 0 Å². The van der Waals surface area contributed by atoms with Gasteiger partial charge in [0.2, 0.25) is 0 Å². The fourth-order valence-corrected chi connectivity index (χ4v) is 2.88. The fraction of sp³-hybridized carbons (Fsp3) is 0.150. The first-order chi connectivity index (χ1) is 11.5. The van der Waals surface area contributed by atoms with Gasteiger partial charge in [0.15, 0.2) is 0 Å². The van der Waals surface area contributed by atoms with Gasteiger partial charge in [0.25, 0.3) is 0 Å². The van der Waals surface area contributed by atoms with Crippen molar-refractivity contribution >= 4 is 17.4 Å². The van der Waals surface area contributed by atoms with Crippen LogP contribution < -0.4 is 10.6 Å². The lowest BCUT2D eigenvalue weighted by Crippen LogP contribution is -2.20. The van der Waals surface area contributed by atoms with Crippen molar-refractivity contribution in [3.05, 3.63) is 77.6 Å². The van der Waals surface area contributed by atoms with Gasteiger partial charge in [-0.2, -0.15) is 0 Å². The van der Waals surface area contributed by atoms with Crippen molar-refractivity contribution in [2.45, 2.75) is 20.8 Å². The Morgan fingerprint density at radius 1 is 0.875 bits per heavy atom. The number of hydrogen-bond donors (Lipinski definition) is 2. The van der Waals surface area contributed by atoms with Gasteiger partial charge in [-0.1, -0.05) is 17.7 Å². The summed E-state index contributed by atoms with van der Waals surface area (Å²) in [6.45, 7) is 6.05. The number of benzene rings is 2. The Bertz CT molecular complexity index is 826. The molecule has 0 saturated carbocycles. The van der Waals surface area contributed by atoms with E-state index >= 15 is 0 Å². The Morgan fingerprint density at radius 2 is 1.46 bits per heavy atom. The molecule has 0 bridgehead atoms. The number of carbonyl (C=O) groups excluding carboxylic acids is 1. The predicted octanol–water partition coefficient (Wildman–Crippen LogP) is 5.05. The molecule has 0 radical (unpaired) electrons. The van der Waals surface area contributed by atoms with Crippen molar-refractivity contribution in [2.75, 3.05) is 10.6 Å². The predicted molar refractivity (Wildman–Crippen MR) is 99.1 cm³/mol. The van der Waals surface area contributed by atoms with Gasteiger partial charge < -0.3 is 15.2 Å². The van der Waals surface area contributed by atoms with Crippen molar-refractivity contribution in [1.29, 1.82) is 0 Å². The highest BCUT2D eigenvalue weighted by molar-refractivity contribution is 6.00. The zero-order valence-electron chi connectivity index (χ0n) is 14.1. The maximum absolute atomic E-state index is 12.3. The molecular formula is C20H21N3O. The molecule has 4 heteroatoms. The number of aromatic nitrogens is 1. The van der Waals surface area contributed by atoms with Gasteiger partial charge in [-0.3, -0.25) is 0 Å². The van der Waals surface area contributed by atoms with E-state index in [9.17, 15) is 4.79 Å². The van der Waals surface area contributed by atoms with Gasteiger partial charge >= 0.3 is 6.03 Å². The van der Waals surface area contributed by atoms with E-state index in [0.29, 0.717) is 0 Å². The number of rotatable bonds is 3. The lowest BCUT2D eigenvalue weighted by Gasteiger charge is -2.14. The van der Waals surface area contributed by atoms with Crippen LogP contribution in [0.5, 0.6) is 0 Å². The van der Waals surface area contributed by atoms with Crippen LogP contribution >= 0.6 is 0 Å². The molecule has 3 aromatic rings. The van der Waals surface area contributed by atoms with Crippen LogP contribution in [0.1, 0.15) is 16.7 Å². The monoisotopic (exact) mass is 319 g/mol. The quantitative estimate of drug-likeness (QED) is 0.697. The zero-order chi connectivity index (χ0) is 17.1. The third-order valence-corrected chi connectivity index (χ3v) is 3.94. The van der Waals surface area contributed by atoms with Crippen molar-refractivity contribution < 1.29 is 4.79 Å². The highest BCUT2D eigenvalue weighted by Gasteiger charge is 2.08. The molecule has 1 aromatic heterocycles. The zero-order valence-corrected chi connectivity index (χ0v) is 14.1. The highest BCUT2D eigenvalue weighted by Crippen LogP contribution is 2.22. The lowest BCUT2D eigenvalue weighted by molar-refractivity contribution is 0.262. The SMILES string of the molecule is Cc1cc(C)c(NC(=O)Nc2ccc(-n3cccc3)cc2)c(C)c1. The van der Waals surface area contributed by atoms with Crippen LogP contribution in [-0.4, -0.2) is 10.6 Å². The van der Waals surface area contributed by atoms with Crippen LogP contribution in [-0.2, 0) is 0 Å². The molecule has 122 valence electrons. The summed E-state index contributed by atoms with van der Waals surface area (Å²) in [5, 5.41) is 5.81. The maximum atomic E-state index is 12.3. The number of nitrogens with one attached hydrogen (secondary N) is 2. The van der Waals surface area contributed by atoms with Crippen LogP contribution in [0, 0.1) is 20.8 Å². The second-order valence-corrected chi connectivity index (χ2v) is 5.99. The van der Waals surface area contributed by atoms with E-state index in [0.717, 1.165) is 28.2 Å². The first kappa shape index (κ1) is 15.9. The van der Waals surface area contributed by atoms with Crippen molar-refractivity contribution in [3.63, 3.8) is 0 Å². The molecule has 1 heterocycles. The van der Waals surface area contributed by atoms with Crippen molar-refractivity contribution in [1.82, 2.24) is 4.57 Å². The standard InChI is InChI=1S/C20H21N3O/c1-14-12-15(2)19(16(3)13-14)22-20(24)21-17-6-8-18(9-7-17)23-10-4-5-11-23/h4-13H,1-3H3,(H2,21,22,24). The van der Waals surface area contributed by atoms with Crippen LogP contribution in [0.15, 0.2) is 60.9 Å². The number of carbonyl (C=O) groups is 1. The summed E-state index contributed by atoms with van der Waals surface area (Å²) in [4.78, 5) is 12.3. The van der Waals surface area contributed by atoms with Crippen molar-refractivity contribution in [3.8, 4) is 5.69 Å². The van der Waals surface area contributed by atoms with Crippen molar-refractivity contribution in [2.24, 2.45) is 0 Å². The molecule has 4 nitrogen and oxygen atoms in total. The molecule has 0 aliphatic heterocycles. The van der Waals surface area contributed by atoms with Gasteiger partial charge in [-0.05, 0) is 68.3 Å². The van der Waals surface area contributed by atoms with Crippen LogP contribution in [0.3, 0.4) is 0 Å². The number of amides is 2. The van der Waals surface area contributed by atoms with Gasteiger partial charge in [0.1, 0.15) is 0 Å². The molecule has 0 aliphatic carbocycles. The minimum Gasteiger partial charge on any atom is -0.324 e. The summed E-state index contributed by atoms with van der Waals surface area (Å²) >= 11 is 0. The molecular weight excluding hydrogens is 298 g/mol. The molecule has 0 atom stereocenters. The average Bonchev–Trinajstić information content (AvgIpc) is 3.06. The first-order valence-corrected chi connectivity index (χ1v) is 7.92. The number of urea groups is 1. The van der Waals surface area contributed by atoms with E-state index in [-0.39, 0.29) is 6.03 Å². The topological polar surface area (TPSA) is 46.1 Å². The Balaban J connectivity index is 1.69. The summed E-state index contributed by atoms with van der Waals surface area (Å²) in [5.41, 5.74) is 5.98. The molecule has 0 aliphatic rings. The maximum Gasteiger partial charge on any atom is 0.323 e. The summed E-state index contributed by atoms with van der Waals surface area (Å²) < 4.78 is 2.02. The fourth-order valence-electron chi connectivity index (χ4n) is 2.88. The molecule has 0 saturated heterocycles. The Kier molecular flexibility index (Phi) is 4.38. The largest absolute Gasteiger partial charge is 0.324 e. The molecule has 0 unspecified atom stereocenters. The molecule has 3 rings (SSSR count). The minimum atomic E-state index is -0.237. The van der Waals surface area contributed by atoms with E-state index in [1.165, 1.54) is 5.56 Å². The average molecular weight is 319 g/mol. The summed E-state index contributed by atoms with van der Waals surface area (Å²) in [7, 11) is 0. The van der Waals surface area contributed by atoms with Gasteiger partial charge in [0, 0.05) is 29.5 Å². The second-order valence-electron chi connectivity index (χ2n) is 5.99. The van der Waals surface area contributed by atoms with Crippen LogP contribution in [0.25, 0.3) is 5.69 Å². The van der Waals surface area contributed by atoms with Crippen LogP contribution in [0.4, 0.5) is 16.2 Å². The van der Waals surface area contributed by atoms with E-state index < -0.39 is 0 Å². The third-order valence-electron chi connectivity index (χ3n) is 3.94. The number of nitrogens with zero attached hydrogens (tertiary/aromatic N) is 1. The normalized spacial score (nSPS) is 10.5. The minimum absolute atomic E-state index is 0.237.